The molecule has 0 heterocycles. The number of nitrogens with one attached hydrogen (secondary N) is 1. The summed E-state index contributed by atoms with van der Waals surface area (Å²) in [6, 6.07) is 12.1. The molecule has 0 saturated carbocycles. The molecule has 0 bridgehead atoms. The predicted molar refractivity (Wildman–Crippen MR) is 110 cm³/mol. The van der Waals surface area contributed by atoms with E-state index in [0.29, 0.717) is 13.1 Å². The Balaban J connectivity index is 2.08. The maximum Gasteiger partial charge on any atom is 0.338 e. The Hall–Kier alpha value is -2.39. The standard InChI is InChI=1S/C19H21BrN2O5S/c1-3-22(4-2)18(23)13-27-19(24)14-6-5-7-16(12-14)21-28(25,26)17-10-8-15(20)9-11-17/h5-12,21H,3-4,13H2,1-2H3. The number of sulfonamides is 1. The molecule has 2 aromatic rings. The number of carbonyl (C=O) groups is 2. The molecule has 0 spiro atoms. The van der Waals surface area contributed by atoms with Crippen LogP contribution in [0, 0.1) is 0 Å². The van der Waals surface area contributed by atoms with Crippen molar-refractivity contribution in [3.05, 3.63) is 58.6 Å². The van der Waals surface area contributed by atoms with Crippen LogP contribution in [0.4, 0.5) is 5.69 Å². The van der Waals surface area contributed by atoms with Gasteiger partial charge in [0.1, 0.15) is 0 Å². The summed E-state index contributed by atoms with van der Waals surface area (Å²) >= 11 is 3.25. The first-order valence-electron chi connectivity index (χ1n) is 8.60. The second-order valence-electron chi connectivity index (χ2n) is 5.78. The molecule has 7 nitrogen and oxygen atoms in total. The molecule has 0 unspecified atom stereocenters. The average molecular weight is 469 g/mol. The van der Waals surface area contributed by atoms with Gasteiger partial charge in [-0.3, -0.25) is 9.52 Å². The number of esters is 1. The molecule has 0 saturated heterocycles. The molecule has 2 rings (SSSR count). The minimum Gasteiger partial charge on any atom is -0.452 e. The highest BCUT2D eigenvalue weighted by molar-refractivity contribution is 9.10. The molecule has 28 heavy (non-hydrogen) atoms. The van der Waals surface area contributed by atoms with Crippen LogP contribution in [0.25, 0.3) is 0 Å². The third-order valence-electron chi connectivity index (χ3n) is 3.92. The van der Waals surface area contributed by atoms with Crippen LogP contribution in [0.3, 0.4) is 0 Å². The zero-order chi connectivity index (χ0) is 20.7. The van der Waals surface area contributed by atoms with E-state index in [9.17, 15) is 18.0 Å². The zero-order valence-corrected chi connectivity index (χ0v) is 17.9. The van der Waals surface area contributed by atoms with Gasteiger partial charge in [0, 0.05) is 23.2 Å². The van der Waals surface area contributed by atoms with Gasteiger partial charge in [0.2, 0.25) is 0 Å². The summed E-state index contributed by atoms with van der Waals surface area (Å²) in [6.45, 7) is 4.37. The highest BCUT2D eigenvalue weighted by Crippen LogP contribution is 2.19. The maximum atomic E-state index is 12.5. The van der Waals surface area contributed by atoms with Gasteiger partial charge in [-0.05, 0) is 56.3 Å². The Kier molecular flexibility index (Phi) is 7.59. The number of rotatable bonds is 8. The quantitative estimate of drug-likeness (QED) is 0.600. The molecular weight excluding hydrogens is 448 g/mol. The number of anilines is 1. The largest absolute Gasteiger partial charge is 0.452 e. The Morgan fingerprint density at radius 1 is 1.07 bits per heavy atom. The fraction of sp³-hybridized carbons (Fsp3) is 0.263. The highest BCUT2D eigenvalue weighted by atomic mass is 79.9. The minimum atomic E-state index is -3.80. The molecule has 0 fully saturated rings. The van der Waals surface area contributed by atoms with Gasteiger partial charge in [0.25, 0.3) is 15.9 Å². The Morgan fingerprint density at radius 3 is 2.32 bits per heavy atom. The van der Waals surface area contributed by atoms with Gasteiger partial charge in [-0.15, -0.1) is 0 Å². The number of amides is 1. The molecule has 0 aromatic heterocycles. The Labute approximate surface area is 172 Å². The van der Waals surface area contributed by atoms with Crippen LogP contribution < -0.4 is 4.72 Å². The molecule has 9 heteroatoms. The van der Waals surface area contributed by atoms with E-state index in [2.05, 4.69) is 20.7 Å². The summed E-state index contributed by atoms with van der Waals surface area (Å²) in [4.78, 5) is 25.8. The summed E-state index contributed by atoms with van der Waals surface area (Å²) in [5.74, 6) is -0.990. The first kappa shape index (κ1) is 21.9. The van der Waals surface area contributed by atoms with Gasteiger partial charge < -0.3 is 9.64 Å². The van der Waals surface area contributed by atoms with Crippen molar-refractivity contribution in [2.24, 2.45) is 0 Å². The zero-order valence-electron chi connectivity index (χ0n) is 15.5. The molecule has 0 aliphatic carbocycles. The van der Waals surface area contributed by atoms with Crippen molar-refractivity contribution < 1.29 is 22.7 Å². The van der Waals surface area contributed by atoms with Gasteiger partial charge in [-0.2, -0.15) is 0 Å². The van der Waals surface area contributed by atoms with Crippen LogP contribution in [-0.4, -0.2) is 44.9 Å². The van der Waals surface area contributed by atoms with Crippen LogP contribution >= 0.6 is 15.9 Å². The summed E-state index contributed by atoms with van der Waals surface area (Å²) in [5.41, 5.74) is 0.357. The summed E-state index contributed by atoms with van der Waals surface area (Å²) in [5, 5.41) is 0. The molecule has 1 amide bonds. The second-order valence-corrected chi connectivity index (χ2v) is 8.38. The van der Waals surface area contributed by atoms with Crippen molar-refractivity contribution in [1.29, 1.82) is 0 Å². The summed E-state index contributed by atoms with van der Waals surface area (Å²) < 4.78 is 33.1. The number of ether oxygens (including phenoxy) is 1. The van der Waals surface area contributed by atoms with Crippen molar-refractivity contribution in [3.63, 3.8) is 0 Å². The van der Waals surface area contributed by atoms with Crippen molar-refractivity contribution in [3.8, 4) is 0 Å². The number of carbonyl (C=O) groups excluding carboxylic acids is 2. The van der Waals surface area contributed by atoms with Crippen LogP contribution in [0.2, 0.25) is 0 Å². The Morgan fingerprint density at radius 2 is 1.71 bits per heavy atom. The fourth-order valence-corrected chi connectivity index (χ4v) is 3.73. The first-order chi connectivity index (χ1) is 13.3. The smallest absolute Gasteiger partial charge is 0.338 e. The van der Waals surface area contributed by atoms with Crippen molar-refractivity contribution in [1.82, 2.24) is 4.90 Å². The number of benzene rings is 2. The monoisotopic (exact) mass is 468 g/mol. The van der Waals surface area contributed by atoms with E-state index in [-0.39, 0.29) is 28.7 Å². The van der Waals surface area contributed by atoms with Gasteiger partial charge in [0.15, 0.2) is 6.61 Å². The molecule has 0 aliphatic heterocycles. The van der Waals surface area contributed by atoms with Crippen molar-refractivity contribution >= 4 is 43.5 Å². The van der Waals surface area contributed by atoms with Crippen molar-refractivity contribution in [2.75, 3.05) is 24.4 Å². The summed E-state index contributed by atoms with van der Waals surface area (Å²) in [7, 11) is -3.80. The first-order valence-corrected chi connectivity index (χ1v) is 10.9. The number of halogens is 1. The fourth-order valence-electron chi connectivity index (χ4n) is 2.42. The number of hydrogen-bond acceptors (Lipinski definition) is 5. The molecule has 0 radical (unpaired) electrons. The van der Waals surface area contributed by atoms with Gasteiger partial charge in [-0.1, -0.05) is 22.0 Å². The summed E-state index contributed by atoms with van der Waals surface area (Å²) in [6.07, 6.45) is 0. The predicted octanol–water partition coefficient (Wildman–Crippen LogP) is 3.28. The maximum absolute atomic E-state index is 12.5. The van der Waals surface area contributed by atoms with E-state index in [1.54, 1.807) is 17.0 Å². The van der Waals surface area contributed by atoms with Gasteiger partial charge in [0.05, 0.1) is 10.5 Å². The van der Waals surface area contributed by atoms with E-state index in [0.717, 1.165) is 4.47 Å². The average Bonchev–Trinajstić information content (AvgIpc) is 2.67. The van der Waals surface area contributed by atoms with E-state index in [4.69, 9.17) is 4.74 Å². The van der Waals surface area contributed by atoms with Crippen LogP contribution in [-0.2, 0) is 19.6 Å². The number of hydrogen-bond donors (Lipinski definition) is 1. The third-order valence-corrected chi connectivity index (χ3v) is 5.84. The molecule has 150 valence electrons. The molecule has 2 aromatic carbocycles. The van der Waals surface area contributed by atoms with Gasteiger partial charge in [-0.25, -0.2) is 13.2 Å². The second kappa shape index (κ2) is 9.70. The van der Waals surface area contributed by atoms with Crippen LogP contribution in [0.5, 0.6) is 0 Å². The third kappa shape index (κ3) is 5.80. The lowest BCUT2D eigenvalue weighted by Gasteiger charge is -2.18. The lowest BCUT2D eigenvalue weighted by atomic mass is 10.2. The normalized spacial score (nSPS) is 11.0. The highest BCUT2D eigenvalue weighted by Gasteiger charge is 2.17. The molecule has 1 N–H and O–H groups in total. The molecule has 0 aliphatic rings. The SMILES string of the molecule is CCN(CC)C(=O)COC(=O)c1cccc(NS(=O)(=O)c2ccc(Br)cc2)c1. The minimum absolute atomic E-state index is 0.0912. The lowest BCUT2D eigenvalue weighted by Crippen LogP contribution is -2.34. The van der Waals surface area contributed by atoms with E-state index >= 15 is 0 Å². The van der Waals surface area contributed by atoms with E-state index in [1.807, 2.05) is 13.8 Å². The molecule has 0 atom stereocenters. The van der Waals surface area contributed by atoms with Crippen LogP contribution in [0.1, 0.15) is 24.2 Å². The van der Waals surface area contributed by atoms with Gasteiger partial charge >= 0.3 is 5.97 Å². The Bertz CT molecular complexity index is 941. The number of nitrogens with zero attached hydrogens (tertiary/aromatic N) is 1. The number of likely N-dealkylation sites (N-methyl/N-ethyl adjacent to an activating group) is 1. The van der Waals surface area contributed by atoms with Crippen LogP contribution in [0.15, 0.2) is 57.9 Å². The lowest BCUT2D eigenvalue weighted by molar-refractivity contribution is -0.134. The molecular formula is C19H21BrN2O5S. The van der Waals surface area contributed by atoms with E-state index in [1.165, 1.54) is 36.4 Å². The van der Waals surface area contributed by atoms with Crippen molar-refractivity contribution in [2.45, 2.75) is 18.7 Å². The van der Waals surface area contributed by atoms with E-state index < -0.39 is 16.0 Å². The topological polar surface area (TPSA) is 92.8 Å².